The summed E-state index contributed by atoms with van der Waals surface area (Å²) in [6.07, 6.45) is -4.89. The average Bonchev–Trinajstić information content (AvgIpc) is 2.34. The summed E-state index contributed by atoms with van der Waals surface area (Å²) in [6, 6.07) is 7.05. The van der Waals surface area contributed by atoms with Crippen LogP contribution in [0.3, 0.4) is 0 Å². The molecule has 1 unspecified atom stereocenters. The number of carboxylic acids is 1. The zero-order valence-corrected chi connectivity index (χ0v) is 11.1. The number of halogens is 3. The normalized spacial score (nSPS) is 14.7. The van der Waals surface area contributed by atoms with Gasteiger partial charge in [-0.05, 0) is 25.5 Å². The Hall–Kier alpha value is -1.76. The van der Waals surface area contributed by atoms with Crippen LogP contribution in [0.25, 0.3) is 0 Å². The van der Waals surface area contributed by atoms with E-state index in [1.807, 2.05) is 11.4 Å². The Morgan fingerprint density at radius 2 is 1.95 bits per heavy atom. The van der Waals surface area contributed by atoms with Gasteiger partial charge in [-0.2, -0.15) is 13.2 Å². The molecule has 0 spiro atoms. The average molecular weight is 291 g/mol. The fraction of sp³-hybridized carbons (Fsp3) is 0.462. The zero-order valence-electron chi connectivity index (χ0n) is 11.1. The van der Waals surface area contributed by atoms with Crippen LogP contribution in [0.5, 0.6) is 5.75 Å². The Bertz CT molecular complexity index is 476. The van der Waals surface area contributed by atoms with E-state index in [1.54, 1.807) is 25.1 Å². The highest BCUT2D eigenvalue weighted by Gasteiger charge is 2.57. The first-order chi connectivity index (χ1) is 9.18. The Morgan fingerprint density at radius 3 is 2.45 bits per heavy atom. The molecule has 1 rings (SSSR count). The highest BCUT2D eigenvalue weighted by Crippen LogP contribution is 2.30. The molecule has 2 N–H and O–H groups in total. The number of rotatable bonds is 6. The molecule has 7 heteroatoms. The first-order valence-electron chi connectivity index (χ1n) is 5.92. The summed E-state index contributed by atoms with van der Waals surface area (Å²) in [4.78, 5) is 10.8. The van der Waals surface area contributed by atoms with Gasteiger partial charge in [0.2, 0.25) is 5.54 Å². The van der Waals surface area contributed by atoms with Crippen molar-refractivity contribution >= 4 is 5.97 Å². The van der Waals surface area contributed by atoms with E-state index >= 15 is 0 Å². The second-order valence-corrected chi connectivity index (χ2v) is 4.47. The molecule has 0 aliphatic rings. The van der Waals surface area contributed by atoms with Crippen LogP contribution in [0.4, 0.5) is 13.2 Å². The maximum atomic E-state index is 12.7. The number of carbonyl (C=O) groups is 1. The number of ether oxygens (including phenoxy) is 1. The molecule has 1 atom stereocenters. The molecule has 0 aliphatic carbocycles. The van der Waals surface area contributed by atoms with E-state index in [2.05, 4.69) is 0 Å². The lowest BCUT2D eigenvalue weighted by Gasteiger charge is -2.28. The maximum Gasteiger partial charge on any atom is 0.417 e. The molecule has 0 saturated carbocycles. The fourth-order valence-corrected chi connectivity index (χ4v) is 1.48. The Morgan fingerprint density at radius 1 is 1.35 bits per heavy atom. The molecule has 0 aromatic heterocycles. The van der Waals surface area contributed by atoms with Crippen molar-refractivity contribution in [1.82, 2.24) is 5.32 Å². The predicted octanol–water partition coefficient (Wildman–Crippen LogP) is 2.37. The number of benzene rings is 1. The molecule has 20 heavy (non-hydrogen) atoms. The van der Waals surface area contributed by atoms with Crippen molar-refractivity contribution in [2.75, 3.05) is 13.2 Å². The third kappa shape index (κ3) is 3.63. The molecule has 0 heterocycles. The Kier molecular flexibility index (Phi) is 4.99. The summed E-state index contributed by atoms with van der Waals surface area (Å²) in [5.74, 6) is -1.42. The third-order valence-electron chi connectivity index (χ3n) is 2.93. The molecule has 0 fully saturated rings. The van der Waals surface area contributed by atoms with Crippen LogP contribution in [0.2, 0.25) is 0 Å². The van der Waals surface area contributed by atoms with Crippen LogP contribution in [-0.2, 0) is 4.79 Å². The zero-order chi connectivity index (χ0) is 15.4. The summed E-state index contributed by atoms with van der Waals surface area (Å²) in [5, 5.41) is 10.7. The number of hydrogen-bond acceptors (Lipinski definition) is 3. The SMILES string of the molecule is Cc1ccccc1OCCNC(C)(C(=O)O)C(F)(F)F. The molecular formula is C13H16F3NO3. The minimum atomic E-state index is -4.89. The number of alkyl halides is 3. The standard InChI is InChI=1S/C13H16F3NO3/c1-9-5-3-4-6-10(9)20-8-7-17-12(2,11(18)19)13(14,15)16/h3-6,17H,7-8H2,1-2H3,(H,18,19). The van der Waals surface area contributed by atoms with Crippen molar-refractivity contribution in [3.63, 3.8) is 0 Å². The van der Waals surface area contributed by atoms with Crippen molar-refractivity contribution in [3.05, 3.63) is 29.8 Å². The van der Waals surface area contributed by atoms with Gasteiger partial charge in [0.1, 0.15) is 12.4 Å². The van der Waals surface area contributed by atoms with Gasteiger partial charge in [-0.1, -0.05) is 18.2 Å². The summed E-state index contributed by atoms with van der Waals surface area (Å²) >= 11 is 0. The largest absolute Gasteiger partial charge is 0.492 e. The molecule has 0 aliphatic heterocycles. The molecule has 4 nitrogen and oxygen atoms in total. The van der Waals surface area contributed by atoms with Crippen LogP contribution in [0.1, 0.15) is 12.5 Å². The van der Waals surface area contributed by atoms with Crippen molar-refractivity contribution < 1.29 is 27.8 Å². The van der Waals surface area contributed by atoms with Gasteiger partial charge in [-0.15, -0.1) is 0 Å². The summed E-state index contributed by atoms with van der Waals surface area (Å²) in [7, 11) is 0. The van der Waals surface area contributed by atoms with E-state index in [4.69, 9.17) is 9.84 Å². The molecule has 0 amide bonds. The second-order valence-electron chi connectivity index (χ2n) is 4.47. The number of para-hydroxylation sites is 1. The van der Waals surface area contributed by atoms with E-state index in [9.17, 15) is 18.0 Å². The monoisotopic (exact) mass is 291 g/mol. The molecule has 0 radical (unpaired) electrons. The predicted molar refractivity (Wildman–Crippen MR) is 66.8 cm³/mol. The highest BCUT2D eigenvalue weighted by atomic mass is 19.4. The number of aryl methyl sites for hydroxylation is 1. The van der Waals surface area contributed by atoms with E-state index in [0.717, 1.165) is 5.56 Å². The minimum Gasteiger partial charge on any atom is -0.492 e. The van der Waals surface area contributed by atoms with Gasteiger partial charge in [-0.25, -0.2) is 4.79 Å². The van der Waals surface area contributed by atoms with E-state index in [0.29, 0.717) is 12.7 Å². The van der Waals surface area contributed by atoms with Gasteiger partial charge in [0, 0.05) is 6.54 Å². The van der Waals surface area contributed by atoms with Crippen LogP contribution >= 0.6 is 0 Å². The quantitative estimate of drug-likeness (QED) is 0.790. The molecule has 0 saturated heterocycles. The first-order valence-corrected chi connectivity index (χ1v) is 5.92. The summed E-state index contributed by atoms with van der Waals surface area (Å²) in [5.41, 5.74) is -2.13. The smallest absolute Gasteiger partial charge is 0.417 e. The minimum absolute atomic E-state index is 0.0657. The molecule has 112 valence electrons. The summed E-state index contributed by atoms with van der Waals surface area (Å²) in [6.45, 7) is 2.09. The van der Waals surface area contributed by atoms with Crippen molar-refractivity contribution in [2.45, 2.75) is 25.6 Å². The topological polar surface area (TPSA) is 58.6 Å². The van der Waals surface area contributed by atoms with Crippen LogP contribution < -0.4 is 10.1 Å². The van der Waals surface area contributed by atoms with Gasteiger partial charge >= 0.3 is 12.1 Å². The van der Waals surface area contributed by atoms with Gasteiger partial charge in [-0.3, -0.25) is 5.32 Å². The Labute approximate surface area is 114 Å². The van der Waals surface area contributed by atoms with Crippen molar-refractivity contribution in [3.8, 4) is 5.75 Å². The van der Waals surface area contributed by atoms with Gasteiger partial charge in [0.15, 0.2) is 0 Å². The fourth-order valence-electron chi connectivity index (χ4n) is 1.48. The van der Waals surface area contributed by atoms with Crippen LogP contribution in [-0.4, -0.2) is 35.9 Å². The van der Waals surface area contributed by atoms with Gasteiger partial charge in [0.05, 0.1) is 0 Å². The molecule has 1 aromatic carbocycles. The second kappa shape index (κ2) is 6.13. The van der Waals surface area contributed by atoms with E-state index < -0.39 is 17.7 Å². The van der Waals surface area contributed by atoms with Gasteiger partial charge < -0.3 is 9.84 Å². The Balaban J connectivity index is 2.55. The third-order valence-corrected chi connectivity index (χ3v) is 2.93. The maximum absolute atomic E-state index is 12.7. The highest BCUT2D eigenvalue weighted by molar-refractivity contribution is 5.79. The summed E-state index contributed by atoms with van der Waals surface area (Å²) < 4.78 is 43.4. The lowest BCUT2D eigenvalue weighted by Crippen LogP contribution is -2.60. The van der Waals surface area contributed by atoms with E-state index in [-0.39, 0.29) is 13.2 Å². The number of hydrogen-bond donors (Lipinski definition) is 2. The van der Waals surface area contributed by atoms with Crippen LogP contribution in [0.15, 0.2) is 24.3 Å². The molecule has 1 aromatic rings. The number of aliphatic carboxylic acids is 1. The number of carboxylic acid groups (broad SMARTS) is 1. The lowest BCUT2D eigenvalue weighted by atomic mass is 10.0. The van der Waals surface area contributed by atoms with Crippen molar-refractivity contribution in [1.29, 1.82) is 0 Å². The first kappa shape index (κ1) is 16.3. The number of nitrogens with one attached hydrogen (secondary N) is 1. The van der Waals surface area contributed by atoms with E-state index in [1.165, 1.54) is 0 Å². The molecule has 0 bridgehead atoms. The van der Waals surface area contributed by atoms with Crippen LogP contribution in [0, 0.1) is 6.92 Å². The molecular weight excluding hydrogens is 275 g/mol. The van der Waals surface area contributed by atoms with Gasteiger partial charge in [0.25, 0.3) is 0 Å². The van der Waals surface area contributed by atoms with Crippen molar-refractivity contribution in [2.24, 2.45) is 0 Å². The lowest BCUT2D eigenvalue weighted by molar-refractivity contribution is -0.206.